The summed E-state index contributed by atoms with van der Waals surface area (Å²) in [7, 11) is -3.54. The number of nitrogens with zero attached hydrogens (tertiary/aromatic N) is 1. The molecule has 0 radical (unpaired) electrons. The van der Waals surface area contributed by atoms with E-state index >= 15 is 0 Å². The molecule has 5 nitrogen and oxygen atoms in total. The number of thiazole rings is 1. The van der Waals surface area contributed by atoms with Gasteiger partial charge in [0.25, 0.3) is 0 Å². The van der Waals surface area contributed by atoms with Gasteiger partial charge in [-0.15, -0.1) is 0 Å². The fraction of sp³-hybridized carbons (Fsp3) is 0.588. The highest BCUT2D eigenvalue weighted by atomic mass is 32.2. The van der Waals surface area contributed by atoms with E-state index in [1.165, 1.54) is 12.8 Å². The Morgan fingerprint density at radius 3 is 2.58 bits per heavy atom. The minimum atomic E-state index is -3.54. The van der Waals surface area contributed by atoms with E-state index in [9.17, 15) is 13.2 Å². The predicted molar refractivity (Wildman–Crippen MR) is 98.2 cm³/mol. The van der Waals surface area contributed by atoms with Gasteiger partial charge in [0, 0.05) is 12.6 Å². The van der Waals surface area contributed by atoms with Gasteiger partial charge < -0.3 is 0 Å². The normalized spacial score (nSPS) is 17.2. The van der Waals surface area contributed by atoms with Gasteiger partial charge in [-0.25, -0.2) is 13.1 Å². The van der Waals surface area contributed by atoms with Crippen LogP contribution in [0, 0.1) is 0 Å². The van der Waals surface area contributed by atoms with Crippen LogP contribution in [0.25, 0.3) is 10.2 Å². The monoisotopic (exact) mass is 368 g/mol. The first-order valence-electron chi connectivity index (χ1n) is 8.67. The number of sulfonamides is 1. The van der Waals surface area contributed by atoms with E-state index in [1.54, 1.807) is 22.8 Å². The topological polar surface area (TPSA) is 68.2 Å². The Morgan fingerprint density at radius 1 is 1.21 bits per heavy atom. The third-order valence-corrected chi connectivity index (χ3v) is 7.03. The lowest BCUT2D eigenvalue weighted by molar-refractivity contribution is 0.510. The van der Waals surface area contributed by atoms with Crippen molar-refractivity contribution in [2.45, 2.75) is 69.4 Å². The fourth-order valence-corrected chi connectivity index (χ4v) is 5.70. The van der Waals surface area contributed by atoms with Crippen molar-refractivity contribution < 1.29 is 8.42 Å². The minimum Gasteiger partial charge on any atom is -0.299 e. The summed E-state index contributed by atoms with van der Waals surface area (Å²) in [6.07, 6.45) is 7.20. The Balaban J connectivity index is 1.89. The largest absolute Gasteiger partial charge is 0.308 e. The van der Waals surface area contributed by atoms with Crippen molar-refractivity contribution in [3.05, 3.63) is 27.9 Å². The maximum atomic E-state index is 12.7. The van der Waals surface area contributed by atoms with Crippen molar-refractivity contribution in [1.82, 2.24) is 9.29 Å². The number of aryl methyl sites for hydroxylation is 1. The summed E-state index contributed by atoms with van der Waals surface area (Å²) < 4.78 is 30.7. The zero-order chi connectivity index (χ0) is 17.2. The number of hydrogen-bond acceptors (Lipinski definition) is 4. The molecule has 0 spiro atoms. The van der Waals surface area contributed by atoms with E-state index in [2.05, 4.69) is 4.72 Å². The van der Waals surface area contributed by atoms with E-state index in [0.29, 0.717) is 6.54 Å². The molecule has 1 N–H and O–H groups in total. The highest BCUT2D eigenvalue weighted by Gasteiger charge is 2.22. The quantitative estimate of drug-likeness (QED) is 0.822. The predicted octanol–water partition coefficient (Wildman–Crippen LogP) is 3.47. The molecule has 132 valence electrons. The van der Waals surface area contributed by atoms with Crippen LogP contribution in [0.15, 0.2) is 27.9 Å². The third kappa shape index (κ3) is 3.73. The molecule has 0 aliphatic heterocycles. The van der Waals surface area contributed by atoms with E-state index in [4.69, 9.17) is 0 Å². The lowest BCUT2D eigenvalue weighted by atomic mass is 10.1. The third-order valence-electron chi connectivity index (χ3n) is 4.57. The van der Waals surface area contributed by atoms with Gasteiger partial charge in [-0.1, -0.05) is 43.9 Å². The van der Waals surface area contributed by atoms with Gasteiger partial charge in [-0.2, -0.15) is 0 Å². The maximum absolute atomic E-state index is 12.7. The summed E-state index contributed by atoms with van der Waals surface area (Å²) in [5.41, 5.74) is 0.820. The molecule has 1 aliphatic carbocycles. The first-order valence-corrected chi connectivity index (χ1v) is 11.0. The SMILES string of the molecule is CCCn1c(=O)sc2cc(S(=O)(=O)NC3CCCCCC3)ccc21. The molecule has 0 bridgehead atoms. The first kappa shape index (κ1) is 17.6. The van der Waals surface area contributed by atoms with Crippen molar-refractivity contribution in [2.24, 2.45) is 0 Å². The van der Waals surface area contributed by atoms with Gasteiger partial charge in [0.1, 0.15) is 0 Å². The van der Waals surface area contributed by atoms with Crippen molar-refractivity contribution >= 4 is 31.6 Å². The Labute approximate surface area is 146 Å². The zero-order valence-corrected chi connectivity index (χ0v) is 15.6. The van der Waals surface area contributed by atoms with Gasteiger partial charge >= 0.3 is 4.87 Å². The highest BCUT2D eigenvalue weighted by molar-refractivity contribution is 7.89. The molecule has 3 rings (SSSR count). The van der Waals surface area contributed by atoms with Crippen LogP contribution in [-0.2, 0) is 16.6 Å². The van der Waals surface area contributed by atoms with E-state index in [-0.39, 0.29) is 15.8 Å². The zero-order valence-electron chi connectivity index (χ0n) is 14.0. The molecule has 0 saturated heterocycles. The van der Waals surface area contributed by atoms with E-state index < -0.39 is 10.0 Å². The van der Waals surface area contributed by atoms with Crippen LogP contribution in [0.4, 0.5) is 0 Å². The van der Waals surface area contributed by atoms with Gasteiger partial charge in [-0.3, -0.25) is 9.36 Å². The molecule has 7 heteroatoms. The number of hydrogen-bond donors (Lipinski definition) is 1. The molecule has 1 aromatic carbocycles. The van der Waals surface area contributed by atoms with Crippen LogP contribution in [0.5, 0.6) is 0 Å². The van der Waals surface area contributed by atoms with Crippen LogP contribution >= 0.6 is 11.3 Å². The lowest BCUT2D eigenvalue weighted by Crippen LogP contribution is -2.34. The molecule has 1 fully saturated rings. The van der Waals surface area contributed by atoms with Gasteiger partial charge in [0.15, 0.2) is 0 Å². The molecule has 0 atom stereocenters. The first-order chi connectivity index (χ1) is 11.5. The van der Waals surface area contributed by atoms with Crippen molar-refractivity contribution in [3.8, 4) is 0 Å². The molecular weight excluding hydrogens is 344 g/mol. The second-order valence-corrected chi connectivity index (χ2v) is 9.17. The average Bonchev–Trinajstić information content (AvgIpc) is 2.71. The van der Waals surface area contributed by atoms with Gasteiger partial charge in [0.05, 0.1) is 15.1 Å². The summed E-state index contributed by atoms with van der Waals surface area (Å²) in [5, 5.41) is 0. The van der Waals surface area contributed by atoms with Gasteiger partial charge in [-0.05, 0) is 37.5 Å². The molecule has 0 amide bonds. The molecule has 0 unspecified atom stereocenters. The van der Waals surface area contributed by atoms with Crippen LogP contribution in [0.1, 0.15) is 51.9 Å². The number of fused-ring (bicyclic) bond motifs is 1. The summed E-state index contributed by atoms with van der Waals surface area (Å²) in [5.74, 6) is 0. The Kier molecular flexibility index (Phi) is 5.42. The van der Waals surface area contributed by atoms with Crippen LogP contribution < -0.4 is 9.60 Å². The smallest absolute Gasteiger partial charge is 0.299 e. The molecule has 1 aliphatic rings. The van der Waals surface area contributed by atoms with Crippen molar-refractivity contribution in [2.75, 3.05) is 0 Å². The standard InChI is InChI=1S/C17H24N2O3S2/c1-2-11-19-15-10-9-14(12-16(15)23-17(19)20)24(21,22)18-13-7-5-3-4-6-8-13/h9-10,12-13,18H,2-8,11H2,1H3. The Morgan fingerprint density at radius 2 is 1.92 bits per heavy atom. The molecule has 1 heterocycles. The van der Waals surface area contributed by atoms with Crippen LogP contribution in [0.3, 0.4) is 0 Å². The number of aromatic nitrogens is 1. The van der Waals surface area contributed by atoms with Crippen LogP contribution in [-0.4, -0.2) is 19.0 Å². The number of nitrogens with one attached hydrogen (secondary N) is 1. The summed E-state index contributed by atoms with van der Waals surface area (Å²) in [6, 6.07) is 5.02. The molecular formula is C17H24N2O3S2. The van der Waals surface area contributed by atoms with E-state index in [1.807, 2.05) is 6.92 Å². The summed E-state index contributed by atoms with van der Waals surface area (Å²) in [4.78, 5) is 12.3. The Bertz CT molecular complexity index is 860. The average molecular weight is 369 g/mol. The highest BCUT2D eigenvalue weighted by Crippen LogP contribution is 2.24. The second-order valence-electron chi connectivity index (χ2n) is 6.46. The molecule has 2 aromatic rings. The van der Waals surface area contributed by atoms with Crippen molar-refractivity contribution in [3.63, 3.8) is 0 Å². The summed E-state index contributed by atoms with van der Waals surface area (Å²) >= 11 is 1.11. The molecule has 1 aromatic heterocycles. The second kappa shape index (κ2) is 7.37. The summed E-state index contributed by atoms with van der Waals surface area (Å²) in [6.45, 7) is 2.68. The molecule has 24 heavy (non-hydrogen) atoms. The maximum Gasteiger partial charge on any atom is 0.308 e. The minimum absolute atomic E-state index is 0.0247. The number of benzene rings is 1. The van der Waals surface area contributed by atoms with E-state index in [0.717, 1.165) is 53.7 Å². The lowest BCUT2D eigenvalue weighted by Gasteiger charge is -2.16. The van der Waals surface area contributed by atoms with Crippen molar-refractivity contribution in [1.29, 1.82) is 0 Å². The van der Waals surface area contributed by atoms with Crippen LogP contribution in [0.2, 0.25) is 0 Å². The molecule has 1 saturated carbocycles. The number of rotatable bonds is 5. The Hall–Kier alpha value is -1.18. The van der Waals surface area contributed by atoms with Gasteiger partial charge in [0.2, 0.25) is 10.0 Å². The fourth-order valence-electron chi connectivity index (χ4n) is 3.33.